The molecule has 12 rings (SSSR count). The highest BCUT2D eigenvalue weighted by molar-refractivity contribution is 7.05. The Hall–Kier alpha value is -8.41. The molecule has 5 aliphatic heterocycles. The van der Waals surface area contributed by atoms with Crippen LogP contribution in [0.25, 0.3) is 0 Å². The number of nitrogens with zero attached hydrogens (tertiary/aromatic N) is 27. The number of hydrogen-bond acceptors (Lipinski definition) is 25. The van der Waals surface area contributed by atoms with Crippen LogP contribution in [0.1, 0.15) is 143 Å². The Bertz CT molecular complexity index is 2700. The number of aromatic amines is 1. The molecule has 0 aromatic carbocycles. The average Bonchev–Trinajstić information content (AvgIpc) is 4.28. The molecule has 0 spiro atoms. The number of aryl methyl sites for hydroxylation is 10. The molecular weight excluding hydrogens is 1120 g/mol. The number of hydrogen-bond donors (Lipinski definition) is 1. The van der Waals surface area contributed by atoms with Crippen LogP contribution in [0.4, 0.5) is 0 Å². The van der Waals surface area contributed by atoms with Crippen LogP contribution in [0.2, 0.25) is 0 Å². The number of allylic oxidation sites excluding steroid dienone is 1. The topological polar surface area (TPSA) is 327 Å². The van der Waals surface area contributed by atoms with Crippen LogP contribution < -0.4 is 0 Å². The van der Waals surface area contributed by atoms with Crippen molar-refractivity contribution in [1.82, 2.24) is 88.7 Å². The fraction of sp³-hybridized carbons (Fsp3) is 0.545. The van der Waals surface area contributed by atoms with Gasteiger partial charge in [0, 0.05) is 91.0 Å². The first-order valence-corrected chi connectivity index (χ1v) is 29.0. The highest BCUT2D eigenvalue weighted by atomic mass is 32.1. The molecule has 0 atom stereocenters. The standard InChI is InChI=1S/4C5H8N2.C4H7N3.2C4H6N2S.2C4H6N2.3C3H5N3.3C2H6/c3*1-4-3-6-5(2)7-4;1-4-3-5(2)7-6-4;1-4-5-3-7(2)6-4;2*1-3-4(2)7-6-5-3;1-4-2-5-3-6-4;1-4-2-3-5-6-4;1-6-2-4-5-3-6;1-6-3-2-4-5-6;1-6-4-2-3-5-6;3*1-2/h4*3H2,1-2H3;3H,1-2H3;2*1-2H3;2-3H,1H3,(H,5,6);2H,3H2,1H3;3*2-3H,1H3;3*1-2H3. The van der Waals surface area contributed by atoms with Gasteiger partial charge >= 0.3 is 0 Å². The summed E-state index contributed by atoms with van der Waals surface area (Å²) in [5.41, 5.74) is 9.85. The van der Waals surface area contributed by atoms with Crippen LogP contribution in [0, 0.1) is 41.5 Å². The van der Waals surface area contributed by atoms with Gasteiger partial charge in [0.1, 0.15) is 42.3 Å². The van der Waals surface area contributed by atoms with E-state index < -0.39 is 0 Å². The number of amidine groups is 3. The molecule has 1 N–H and O–H groups in total. The molecule has 85 heavy (non-hydrogen) atoms. The van der Waals surface area contributed by atoms with Crippen LogP contribution in [-0.4, -0.2) is 161 Å². The Morgan fingerprint density at radius 1 is 0.529 bits per heavy atom. The maximum atomic E-state index is 4.06. The van der Waals surface area contributed by atoms with Gasteiger partial charge in [-0.2, -0.15) is 40.5 Å². The predicted octanol–water partition coefficient (Wildman–Crippen LogP) is 10.9. The highest BCUT2D eigenvalue weighted by Gasteiger charge is 2.01. The van der Waals surface area contributed by atoms with E-state index in [0.29, 0.717) is 0 Å². The Morgan fingerprint density at radius 3 is 1.09 bits per heavy atom. The monoisotopic (exact) mass is 1210 g/mol. The van der Waals surface area contributed by atoms with Gasteiger partial charge in [0.15, 0.2) is 0 Å². The van der Waals surface area contributed by atoms with Gasteiger partial charge in [0.05, 0.1) is 68.2 Å². The van der Waals surface area contributed by atoms with Crippen LogP contribution >= 0.6 is 23.1 Å². The Balaban J connectivity index is -0.000000856. The minimum absolute atomic E-state index is 0.784. The molecule has 0 fully saturated rings. The minimum Gasteiger partial charge on any atom is -0.349 e. The van der Waals surface area contributed by atoms with Gasteiger partial charge in [-0.25, -0.2) is 24.9 Å². The van der Waals surface area contributed by atoms with Gasteiger partial charge in [0.25, 0.3) is 0 Å². The molecule has 5 aliphatic rings. The summed E-state index contributed by atoms with van der Waals surface area (Å²) < 4.78 is 12.5. The maximum Gasteiger partial charge on any atom is 0.147 e. The van der Waals surface area contributed by atoms with E-state index >= 15 is 0 Å². The summed E-state index contributed by atoms with van der Waals surface area (Å²) in [5, 5.41) is 48.2. The summed E-state index contributed by atoms with van der Waals surface area (Å²) in [7, 11) is 7.33. The van der Waals surface area contributed by atoms with Crippen molar-refractivity contribution in [3.8, 4) is 0 Å². The van der Waals surface area contributed by atoms with E-state index in [1.807, 2.05) is 173 Å². The van der Waals surface area contributed by atoms with E-state index in [9.17, 15) is 0 Å². The largest absolute Gasteiger partial charge is 0.349 e. The van der Waals surface area contributed by atoms with Crippen LogP contribution in [-0.2, 0) is 28.2 Å². The van der Waals surface area contributed by atoms with Crippen molar-refractivity contribution in [2.24, 2.45) is 78.6 Å². The molecule has 0 aliphatic carbocycles. The lowest BCUT2D eigenvalue weighted by Crippen LogP contribution is -1.90. The van der Waals surface area contributed by atoms with Crippen molar-refractivity contribution in [3.05, 3.63) is 101 Å². The maximum absolute atomic E-state index is 4.06. The molecule has 468 valence electrons. The Kier molecular flexibility index (Phi) is 49.8. The third kappa shape index (κ3) is 48.8. The first-order chi connectivity index (χ1) is 40.5. The van der Waals surface area contributed by atoms with Gasteiger partial charge < -0.3 is 9.55 Å². The lowest BCUT2D eigenvalue weighted by atomic mass is 10.2. The normalized spacial score (nSPS) is 12.6. The molecule has 7 aromatic rings. The van der Waals surface area contributed by atoms with E-state index in [1.54, 1.807) is 77.3 Å². The fourth-order valence-corrected chi connectivity index (χ4v) is 5.76. The van der Waals surface area contributed by atoms with E-state index in [0.717, 1.165) is 107 Å². The zero-order valence-corrected chi connectivity index (χ0v) is 56.8. The highest BCUT2D eigenvalue weighted by Crippen LogP contribution is 2.05. The zero-order valence-electron chi connectivity index (χ0n) is 55.2. The van der Waals surface area contributed by atoms with Crippen molar-refractivity contribution < 1.29 is 0 Å². The number of aliphatic imine (C=N–C) groups is 6. The molecule has 0 saturated carbocycles. The smallest absolute Gasteiger partial charge is 0.147 e. The molecular formula is C55H96N28S2. The second-order valence-electron chi connectivity index (χ2n) is 17.0. The molecule has 0 radical (unpaired) electrons. The third-order valence-corrected chi connectivity index (χ3v) is 10.4. The second kappa shape index (κ2) is 52.4. The first-order valence-electron chi connectivity index (χ1n) is 27.5. The van der Waals surface area contributed by atoms with Gasteiger partial charge in [-0.15, -0.1) is 25.5 Å². The molecule has 0 unspecified atom stereocenters. The summed E-state index contributed by atoms with van der Waals surface area (Å²) in [6.07, 6.45) is 18.0. The lowest BCUT2D eigenvalue weighted by Gasteiger charge is -1.80. The summed E-state index contributed by atoms with van der Waals surface area (Å²) in [6.45, 7) is 44.6. The van der Waals surface area contributed by atoms with Crippen molar-refractivity contribution >= 4 is 69.1 Å². The first kappa shape index (κ1) is 80.8. The molecule has 0 amide bonds. The van der Waals surface area contributed by atoms with Crippen molar-refractivity contribution in [2.75, 3.05) is 26.2 Å². The van der Waals surface area contributed by atoms with Crippen LogP contribution in [0.5, 0.6) is 0 Å². The third-order valence-electron chi connectivity index (χ3n) is 8.98. The molecule has 0 saturated heterocycles. The van der Waals surface area contributed by atoms with E-state index in [-0.39, 0.29) is 0 Å². The fourth-order valence-electron chi connectivity index (χ4n) is 4.84. The summed E-state index contributed by atoms with van der Waals surface area (Å²) in [6, 6.07) is 0. The predicted molar refractivity (Wildman–Crippen MR) is 352 cm³/mol. The number of H-pyrrole nitrogens is 1. The zero-order chi connectivity index (χ0) is 65.0. The van der Waals surface area contributed by atoms with E-state index in [4.69, 9.17) is 0 Å². The van der Waals surface area contributed by atoms with Gasteiger partial charge in [-0.1, -0.05) is 55.7 Å². The summed E-state index contributed by atoms with van der Waals surface area (Å²) in [5.74, 6) is 3.56. The number of rotatable bonds is 0. The Morgan fingerprint density at radius 2 is 0.988 bits per heavy atom. The molecule has 12 heterocycles. The van der Waals surface area contributed by atoms with Crippen molar-refractivity contribution in [1.29, 1.82) is 0 Å². The molecule has 30 heteroatoms. The summed E-state index contributed by atoms with van der Waals surface area (Å²) >= 11 is 2.89. The lowest BCUT2D eigenvalue weighted by molar-refractivity contribution is 0.654. The summed E-state index contributed by atoms with van der Waals surface area (Å²) in [4.78, 5) is 38.7. The quantitative estimate of drug-likeness (QED) is 0.148. The molecule has 7 aromatic heterocycles. The van der Waals surface area contributed by atoms with Crippen molar-refractivity contribution in [3.63, 3.8) is 0 Å². The SMILES string of the molecule is CC.CC.CC.CC1=CCN=N1.CC1=NC(C)=NC1.CC1=NC(C)=NC1.CC1=NC(C)=NC1.CC1=NN=C(C)C1.Cc1cnc[nH]1.Cc1ncn(C)n1.Cc1nnsc1C.Cc1nnsc1C.Cn1ccnn1.Cn1cnnc1.Cn1nccn1. The van der Waals surface area contributed by atoms with Gasteiger partial charge in [-0.3, -0.25) is 24.3 Å². The van der Waals surface area contributed by atoms with Crippen molar-refractivity contribution in [2.45, 2.75) is 152 Å². The Labute approximate surface area is 512 Å². The number of azo groups is 1. The van der Waals surface area contributed by atoms with E-state index in [1.165, 1.54) is 37.6 Å². The van der Waals surface area contributed by atoms with Crippen LogP contribution in [0.3, 0.4) is 0 Å². The number of nitrogens with one attached hydrogen (secondary N) is 1. The van der Waals surface area contributed by atoms with E-state index in [2.05, 4.69) is 120 Å². The number of aromatic nitrogens is 18. The van der Waals surface area contributed by atoms with Gasteiger partial charge in [0.2, 0.25) is 0 Å². The molecule has 28 nitrogen and oxygen atoms in total. The average molecular weight is 1210 g/mol. The van der Waals surface area contributed by atoms with Crippen LogP contribution in [0.15, 0.2) is 118 Å². The van der Waals surface area contributed by atoms with Gasteiger partial charge in [-0.05, 0) is 133 Å². The molecule has 0 bridgehead atoms. The number of imidazole rings is 1. The minimum atomic E-state index is 0.784. The second-order valence-corrected chi connectivity index (χ2v) is 18.9.